The van der Waals surface area contributed by atoms with Gasteiger partial charge in [-0.25, -0.2) is 4.39 Å². The Labute approximate surface area is 108 Å². The minimum Gasteiger partial charge on any atom is -0.352 e. The molecule has 3 N–H and O–H groups in total. The van der Waals surface area contributed by atoms with Crippen molar-refractivity contribution in [2.24, 2.45) is 5.73 Å². The van der Waals surface area contributed by atoms with Gasteiger partial charge >= 0.3 is 0 Å². The molecule has 0 aliphatic heterocycles. The summed E-state index contributed by atoms with van der Waals surface area (Å²) in [5.74, 6) is -0.517. The van der Waals surface area contributed by atoms with Crippen molar-refractivity contribution in [1.29, 1.82) is 0 Å². The van der Waals surface area contributed by atoms with Crippen molar-refractivity contribution < 1.29 is 9.18 Å². The zero-order valence-electron chi connectivity index (χ0n) is 10.8. The Kier molecular flexibility index (Phi) is 6.36. The summed E-state index contributed by atoms with van der Waals surface area (Å²) in [6, 6.07) is 6.31. The van der Waals surface area contributed by atoms with Gasteiger partial charge in [0.15, 0.2) is 0 Å². The van der Waals surface area contributed by atoms with Gasteiger partial charge in [-0.2, -0.15) is 0 Å². The van der Waals surface area contributed by atoms with Crippen LogP contribution in [0.2, 0.25) is 0 Å². The predicted molar refractivity (Wildman–Crippen MR) is 70.6 cm³/mol. The van der Waals surface area contributed by atoms with E-state index in [1.54, 1.807) is 18.2 Å². The van der Waals surface area contributed by atoms with Crippen molar-refractivity contribution in [3.8, 4) is 0 Å². The number of rotatable bonds is 7. The molecule has 1 atom stereocenters. The van der Waals surface area contributed by atoms with E-state index in [-0.39, 0.29) is 24.2 Å². The molecule has 0 fully saturated rings. The molecular formula is C14H21FN2O. The van der Waals surface area contributed by atoms with Gasteiger partial charge in [0.25, 0.3) is 0 Å². The van der Waals surface area contributed by atoms with Gasteiger partial charge < -0.3 is 11.1 Å². The number of carbonyl (C=O) groups excluding carboxylic acids is 1. The van der Waals surface area contributed by atoms with Crippen molar-refractivity contribution in [3.05, 3.63) is 35.6 Å². The first kappa shape index (κ1) is 14.6. The van der Waals surface area contributed by atoms with E-state index in [9.17, 15) is 9.18 Å². The Morgan fingerprint density at radius 2 is 2.17 bits per heavy atom. The molecule has 0 saturated heterocycles. The first-order valence-electron chi connectivity index (χ1n) is 6.40. The van der Waals surface area contributed by atoms with Gasteiger partial charge in [-0.05, 0) is 18.1 Å². The van der Waals surface area contributed by atoms with Gasteiger partial charge in [-0.1, -0.05) is 38.0 Å². The molecule has 1 amide bonds. The Morgan fingerprint density at radius 1 is 1.44 bits per heavy atom. The summed E-state index contributed by atoms with van der Waals surface area (Å²) >= 11 is 0. The maximum absolute atomic E-state index is 13.4. The molecule has 1 rings (SSSR count). The van der Waals surface area contributed by atoms with E-state index in [2.05, 4.69) is 12.2 Å². The van der Waals surface area contributed by atoms with Gasteiger partial charge in [-0.3, -0.25) is 4.79 Å². The second-order valence-electron chi connectivity index (χ2n) is 4.41. The van der Waals surface area contributed by atoms with Gasteiger partial charge in [0, 0.05) is 12.6 Å². The summed E-state index contributed by atoms with van der Waals surface area (Å²) in [5.41, 5.74) is 6.01. The second kappa shape index (κ2) is 7.82. The summed E-state index contributed by atoms with van der Waals surface area (Å²) in [5, 5.41) is 2.85. The van der Waals surface area contributed by atoms with E-state index in [1.807, 2.05) is 0 Å². The fourth-order valence-corrected chi connectivity index (χ4v) is 1.79. The average molecular weight is 252 g/mol. The summed E-state index contributed by atoms with van der Waals surface area (Å²) < 4.78 is 13.4. The van der Waals surface area contributed by atoms with Crippen molar-refractivity contribution >= 4 is 5.91 Å². The van der Waals surface area contributed by atoms with E-state index < -0.39 is 0 Å². The van der Waals surface area contributed by atoms with Crippen LogP contribution in [-0.4, -0.2) is 18.5 Å². The molecule has 18 heavy (non-hydrogen) atoms. The van der Waals surface area contributed by atoms with Crippen LogP contribution < -0.4 is 11.1 Å². The third-order valence-electron chi connectivity index (χ3n) is 2.86. The number of unbranched alkanes of at least 4 members (excludes halogenated alkanes) is 1. The van der Waals surface area contributed by atoms with E-state index in [1.165, 1.54) is 6.07 Å². The van der Waals surface area contributed by atoms with Crippen LogP contribution in [0.4, 0.5) is 4.39 Å². The highest BCUT2D eigenvalue weighted by Gasteiger charge is 2.12. The number of benzene rings is 1. The predicted octanol–water partition coefficient (Wildman–Crippen LogP) is 2.00. The third-order valence-corrected chi connectivity index (χ3v) is 2.86. The van der Waals surface area contributed by atoms with Gasteiger partial charge in [-0.15, -0.1) is 0 Å². The smallest absolute Gasteiger partial charge is 0.224 e. The molecule has 0 aliphatic rings. The molecule has 0 bridgehead atoms. The average Bonchev–Trinajstić information content (AvgIpc) is 2.37. The van der Waals surface area contributed by atoms with Crippen LogP contribution in [0.3, 0.4) is 0 Å². The van der Waals surface area contributed by atoms with Crippen molar-refractivity contribution in [3.63, 3.8) is 0 Å². The van der Waals surface area contributed by atoms with Crippen molar-refractivity contribution in [2.45, 2.75) is 38.6 Å². The lowest BCUT2D eigenvalue weighted by molar-refractivity contribution is -0.121. The molecule has 0 aromatic heterocycles. The quantitative estimate of drug-likeness (QED) is 0.780. The topological polar surface area (TPSA) is 55.1 Å². The standard InChI is InChI=1S/C14H21FN2O/c1-2-3-7-12(10-16)17-14(18)9-11-6-4-5-8-13(11)15/h4-6,8,12H,2-3,7,9-10,16H2,1H3,(H,17,18). The van der Waals surface area contributed by atoms with Crippen LogP contribution in [-0.2, 0) is 11.2 Å². The number of nitrogens with one attached hydrogen (secondary N) is 1. The number of hydrogen-bond acceptors (Lipinski definition) is 2. The molecule has 0 saturated carbocycles. The van der Waals surface area contributed by atoms with Gasteiger partial charge in [0.05, 0.1) is 6.42 Å². The SMILES string of the molecule is CCCCC(CN)NC(=O)Cc1ccccc1F. The number of amides is 1. The maximum Gasteiger partial charge on any atom is 0.224 e. The zero-order valence-corrected chi connectivity index (χ0v) is 10.8. The van der Waals surface area contributed by atoms with E-state index in [0.29, 0.717) is 12.1 Å². The summed E-state index contributed by atoms with van der Waals surface area (Å²) in [6.45, 7) is 2.51. The highest BCUT2D eigenvalue weighted by molar-refractivity contribution is 5.78. The third kappa shape index (κ3) is 4.84. The zero-order chi connectivity index (χ0) is 13.4. The van der Waals surface area contributed by atoms with Crippen molar-refractivity contribution in [2.75, 3.05) is 6.54 Å². The molecule has 1 aromatic rings. The van der Waals surface area contributed by atoms with Crippen LogP contribution in [0.15, 0.2) is 24.3 Å². The summed E-state index contributed by atoms with van der Waals surface area (Å²) in [4.78, 5) is 11.8. The normalized spacial score (nSPS) is 12.2. The second-order valence-corrected chi connectivity index (χ2v) is 4.41. The first-order chi connectivity index (χ1) is 8.67. The fourth-order valence-electron chi connectivity index (χ4n) is 1.79. The largest absolute Gasteiger partial charge is 0.352 e. The van der Waals surface area contributed by atoms with E-state index >= 15 is 0 Å². The molecule has 1 unspecified atom stereocenters. The van der Waals surface area contributed by atoms with Gasteiger partial charge in [0.1, 0.15) is 5.82 Å². The number of nitrogens with two attached hydrogens (primary N) is 1. The maximum atomic E-state index is 13.4. The summed E-state index contributed by atoms with van der Waals surface area (Å²) in [6.07, 6.45) is 3.03. The van der Waals surface area contributed by atoms with Crippen LogP contribution in [0.25, 0.3) is 0 Å². The van der Waals surface area contributed by atoms with E-state index in [4.69, 9.17) is 5.73 Å². The Hall–Kier alpha value is -1.42. The molecule has 0 spiro atoms. The summed E-state index contributed by atoms with van der Waals surface area (Å²) in [7, 11) is 0. The van der Waals surface area contributed by atoms with Crippen molar-refractivity contribution in [1.82, 2.24) is 5.32 Å². The highest BCUT2D eigenvalue weighted by Crippen LogP contribution is 2.07. The molecule has 0 heterocycles. The van der Waals surface area contributed by atoms with Gasteiger partial charge in [0.2, 0.25) is 5.91 Å². The molecule has 0 aliphatic carbocycles. The number of halogens is 1. The van der Waals surface area contributed by atoms with E-state index in [0.717, 1.165) is 19.3 Å². The highest BCUT2D eigenvalue weighted by atomic mass is 19.1. The molecular weight excluding hydrogens is 231 g/mol. The lowest BCUT2D eigenvalue weighted by Gasteiger charge is -2.16. The lowest BCUT2D eigenvalue weighted by Crippen LogP contribution is -2.40. The lowest BCUT2D eigenvalue weighted by atomic mass is 10.1. The Bertz CT molecular complexity index is 382. The molecule has 4 heteroatoms. The van der Waals surface area contributed by atoms with Crippen LogP contribution in [0.5, 0.6) is 0 Å². The van der Waals surface area contributed by atoms with Crippen LogP contribution in [0.1, 0.15) is 31.7 Å². The minimum atomic E-state index is -0.342. The molecule has 3 nitrogen and oxygen atoms in total. The van der Waals surface area contributed by atoms with Crippen LogP contribution in [0, 0.1) is 5.82 Å². The number of hydrogen-bond donors (Lipinski definition) is 2. The Balaban J connectivity index is 2.48. The molecule has 100 valence electrons. The van der Waals surface area contributed by atoms with Crippen LogP contribution >= 0.6 is 0 Å². The first-order valence-corrected chi connectivity index (χ1v) is 6.40. The minimum absolute atomic E-state index is 0.00998. The number of carbonyl (C=O) groups is 1. The fraction of sp³-hybridized carbons (Fsp3) is 0.500. The Morgan fingerprint density at radius 3 is 2.78 bits per heavy atom. The molecule has 1 aromatic carbocycles. The molecule has 0 radical (unpaired) electrons. The monoisotopic (exact) mass is 252 g/mol.